The van der Waals surface area contributed by atoms with Crippen LogP contribution in [0.25, 0.3) is 0 Å². The molecule has 39 heavy (non-hydrogen) atoms. The number of nitrogens with one attached hydrogen (secondary N) is 1. The zero-order valence-electron chi connectivity index (χ0n) is 23.2. The quantitative estimate of drug-likeness (QED) is 0.369. The number of nitrogens with zero attached hydrogens (tertiary/aromatic N) is 2. The van der Waals surface area contributed by atoms with Crippen molar-refractivity contribution < 1.29 is 23.9 Å². The van der Waals surface area contributed by atoms with Gasteiger partial charge in [0.15, 0.2) is 0 Å². The second kappa shape index (κ2) is 13.5. The van der Waals surface area contributed by atoms with Crippen molar-refractivity contribution in [2.45, 2.75) is 46.1 Å². The molecule has 1 fully saturated rings. The van der Waals surface area contributed by atoms with Gasteiger partial charge >= 0.3 is 5.97 Å². The van der Waals surface area contributed by atoms with Gasteiger partial charge in [-0.2, -0.15) is 0 Å². The second-order valence-electron chi connectivity index (χ2n) is 10.1. The first-order valence-electron chi connectivity index (χ1n) is 13.8. The van der Waals surface area contributed by atoms with Crippen molar-refractivity contribution in [3.05, 3.63) is 82.1 Å². The predicted molar refractivity (Wildman–Crippen MR) is 149 cm³/mol. The fourth-order valence-corrected chi connectivity index (χ4v) is 5.27. The molecule has 0 aliphatic carbocycles. The van der Waals surface area contributed by atoms with E-state index in [1.807, 2.05) is 49.4 Å². The molecule has 208 valence electrons. The molecule has 2 aromatic rings. The molecule has 4 rings (SSSR count). The van der Waals surface area contributed by atoms with E-state index in [1.165, 1.54) is 0 Å². The molecule has 2 heterocycles. The summed E-state index contributed by atoms with van der Waals surface area (Å²) in [6.07, 6.45) is 1.05. The Morgan fingerprint density at radius 3 is 2.59 bits per heavy atom. The van der Waals surface area contributed by atoms with Crippen LogP contribution in [0.1, 0.15) is 59.7 Å². The highest BCUT2D eigenvalue weighted by Gasteiger charge is 2.37. The van der Waals surface area contributed by atoms with Crippen molar-refractivity contribution >= 4 is 17.8 Å². The van der Waals surface area contributed by atoms with Crippen LogP contribution in [0.15, 0.2) is 59.8 Å². The lowest BCUT2D eigenvalue weighted by atomic mass is 9.83. The molecule has 0 aromatic heterocycles. The number of ether oxygens (including phenoxy) is 2. The van der Waals surface area contributed by atoms with Gasteiger partial charge in [0.1, 0.15) is 0 Å². The standard InChI is InChI=1S/C31H39N3O5/c1-4-39-31(37)29-23(3)34(28(35)20-27(29)25-10-5-8-22(2)18-25)21-24-9-6-11-26(19-24)30(36)32-12-7-13-33-14-16-38-17-15-33/h5-6,8-11,18-19,27H,4,7,12-17,20-21H2,1-3H3,(H,32,36)/t27-/m1/s1. The van der Waals surface area contributed by atoms with Crippen LogP contribution in [0, 0.1) is 6.92 Å². The number of hydrogen-bond donors (Lipinski definition) is 1. The van der Waals surface area contributed by atoms with Crippen LogP contribution in [-0.4, -0.2) is 73.6 Å². The summed E-state index contributed by atoms with van der Waals surface area (Å²) in [6, 6.07) is 15.2. The molecule has 2 aliphatic rings. The summed E-state index contributed by atoms with van der Waals surface area (Å²) < 4.78 is 10.8. The molecule has 1 saturated heterocycles. The van der Waals surface area contributed by atoms with Crippen molar-refractivity contribution in [2.75, 3.05) is 46.0 Å². The molecule has 0 saturated carbocycles. The Morgan fingerprint density at radius 1 is 1.08 bits per heavy atom. The number of morpholine rings is 1. The van der Waals surface area contributed by atoms with Gasteiger partial charge in [-0.3, -0.25) is 14.5 Å². The Balaban J connectivity index is 1.46. The summed E-state index contributed by atoms with van der Waals surface area (Å²) >= 11 is 0. The van der Waals surface area contributed by atoms with Crippen LogP contribution in [-0.2, 0) is 25.6 Å². The molecule has 2 amide bonds. The number of hydrogen-bond acceptors (Lipinski definition) is 6. The molecular weight excluding hydrogens is 494 g/mol. The normalized spacial score (nSPS) is 18.3. The molecule has 1 N–H and O–H groups in total. The smallest absolute Gasteiger partial charge is 0.336 e. The summed E-state index contributed by atoms with van der Waals surface area (Å²) in [5.74, 6) is -0.959. The minimum atomic E-state index is -0.399. The Kier molecular flexibility index (Phi) is 9.90. The fraction of sp³-hybridized carbons (Fsp3) is 0.452. The van der Waals surface area contributed by atoms with Crippen molar-refractivity contribution in [1.82, 2.24) is 15.1 Å². The van der Waals surface area contributed by atoms with Gasteiger partial charge in [0.2, 0.25) is 5.91 Å². The van der Waals surface area contributed by atoms with Crippen LogP contribution in [0.3, 0.4) is 0 Å². The molecule has 0 radical (unpaired) electrons. The van der Waals surface area contributed by atoms with Crippen molar-refractivity contribution in [3.63, 3.8) is 0 Å². The Bertz CT molecular complexity index is 1220. The minimum absolute atomic E-state index is 0.0648. The number of rotatable bonds is 10. The second-order valence-corrected chi connectivity index (χ2v) is 10.1. The van der Waals surface area contributed by atoms with Crippen LogP contribution in [0.4, 0.5) is 0 Å². The van der Waals surface area contributed by atoms with E-state index in [9.17, 15) is 14.4 Å². The summed E-state index contributed by atoms with van der Waals surface area (Å²) in [4.78, 5) is 43.2. The lowest BCUT2D eigenvalue weighted by Crippen LogP contribution is -2.38. The van der Waals surface area contributed by atoms with Crippen LogP contribution >= 0.6 is 0 Å². The number of esters is 1. The van der Waals surface area contributed by atoms with E-state index >= 15 is 0 Å². The Morgan fingerprint density at radius 2 is 1.85 bits per heavy atom. The number of benzene rings is 2. The average molecular weight is 534 g/mol. The molecule has 8 nitrogen and oxygen atoms in total. The van der Waals surface area contributed by atoms with Crippen LogP contribution < -0.4 is 5.32 Å². The monoisotopic (exact) mass is 533 g/mol. The van der Waals surface area contributed by atoms with Gasteiger partial charge in [0, 0.05) is 43.2 Å². The number of amides is 2. The van der Waals surface area contributed by atoms with E-state index in [1.54, 1.807) is 24.8 Å². The molecule has 1 atom stereocenters. The summed E-state index contributed by atoms with van der Waals surface area (Å²) in [6.45, 7) is 11.0. The first-order valence-corrected chi connectivity index (χ1v) is 13.8. The highest BCUT2D eigenvalue weighted by molar-refractivity contribution is 5.96. The summed E-state index contributed by atoms with van der Waals surface area (Å²) in [7, 11) is 0. The molecule has 2 aromatic carbocycles. The van der Waals surface area contributed by atoms with Gasteiger partial charge < -0.3 is 19.7 Å². The van der Waals surface area contributed by atoms with E-state index < -0.39 is 5.97 Å². The third kappa shape index (κ3) is 7.34. The number of carbonyl (C=O) groups is 3. The lowest BCUT2D eigenvalue weighted by Gasteiger charge is -2.34. The fourth-order valence-electron chi connectivity index (χ4n) is 5.27. The van der Waals surface area contributed by atoms with Gasteiger partial charge in [-0.25, -0.2) is 4.79 Å². The largest absolute Gasteiger partial charge is 0.463 e. The summed E-state index contributed by atoms with van der Waals surface area (Å²) in [5.41, 5.74) is 4.47. The van der Waals surface area contributed by atoms with Gasteiger partial charge in [-0.1, -0.05) is 42.0 Å². The maximum atomic E-state index is 13.4. The number of allylic oxidation sites excluding steroid dienone is 1. The van der Waals surface area contributed by atoms with E-state index in [4.69, 9.17) is 9.47 Å². The highest BCUT2D eigenvalue weighted by Crippen LogP contribution is 2.38. The number of aryl methyl sites for hydroxylation is 1. The molecule has 0 unspecified atom stereocenters. The van der Waals surface area contributed by atoms with E-state index in [0.717, 1.165) is 56.0 Å². The lowest BCUT2D eigenvalue weighted by molar-refractivity contribution is -0.140. The van der Waals surface area contributed by atoms with Gasteiger partial charge in [0.05, 0.1) is 31.9 Å². The van der Waals surface area contributed by atoms with E-state index in [2.05, 4.69) is 10.2 Å². The summed E-state index contributed by atoms with van der Waals surface area (Å²) in [5, 5.41) is 3.00. The van der Waals surface area contributed by atoms with E-state index in [-0.39, 0.29) is 37.3 Å². The molecule has 8 heteroatoms. The van der Waals surface area contributed by atoms with Crippen LogP contribution in [0.2, 0.25) is 0 Å². The maximum Gasteiger partial charge on any atom is 0.336 e. The first-order chi connectivity index (χ1) is 18.9. The van der Waals surface area contributed by atoms with E-state index in [0.29, 0.717) is 23.4 Å². The van der Waals surface area contributed by atoms with Crippen molar-refractivity contribution in [1.29, 1.82) is 0 Å². The van der Waals surface area contributed by atoms with Crippen molar-refractivity contribution in [3.8, 4) is 0 Å². The van der Waals surface area contributed by atoms with Gasteiger partial charge in [-0.05, 0) is 57.0 Å². The topological polar surface area (TPSA) is 88.2 Å². The third-order valence-corrected chi connectivity index (χ3v) is 7.33. The SMILES string of the molecule is CCOC(=O)C1=C(C)N(Cc2cccc(C(=O)NCCCN3CCOCC3)c2)C(=O)C[C@@H]1c1cccc(C)c1. The zero-order valence-corrected chi connectivity index (χ0v) is 23.2. The van der Waals surface area contributed by atoms with Crippen LogP contribution in [0.5, 0.6) is 0 Å². The minimum Gasteiger partial charge on any atom is -0.463 e. The predicted octanol–water partition coefficient (Wildman–Crippen LogP) is 3.80. The van der Waals surface area contributed by atoms with Crippen molar-refractivity contribution in [2.24, 2.45) is 0 Å². The third-order valence-electron chi connectivity index (χ3n) is 7.33. The maximum absolute atomic E-state index is 13.4. The molecule has 0 spiro atoms. The molecular formula is C31H39N3O5. The first kappa shape index (κ1) is 28.5. The Labute approximate surface area is 231 Å². The number of carbonyl (C=O) groups excluding carboxylic acids is 3. The molecule has 2 aliphatic heterocycles. The Hall–Kier alpha value is -3.49. The highest BCUT2D eigenvalue weighted by atomic mass is 16.5. The van der Waals surface area contributed by atoms with Gasteiger partial charge in [0.25, 0.3) is 5.91 Å². The van der Waals surface area contributed by atoms with Gasteiger partial charge in [-0.15, -0.1) is 0 Å². The average Bonchev–Trinajstić information content (AvgIpc) is 2.93. The zero-order chi connectivity index (χ0) is 27.8. The molecule has 0 bridgehead atoms.